The third-order valence-electron chi connectivity index (χ3n) is 2.24. The van der Waals surface area contributed by atoms with Crippen molar-refractivity contribution in [1.82, 2.24) is 9.55 Å². The van der Waals surface area contributed by atoms with Crippen molar-refractivity contribution in [2.75, 3.05) is 25.6 Å². The van der Waals surface area contributed by atoms with Crippen LogP contribution < -0.4 is 5.32 Å². The van der Waals surface area contributed by atoms with Gasteiger partial charge in [-0.25, -0.2) is 4.98 Å². The standard InChI is InChI=1S/C11H21N3O/c1-4-5-7-15-8-6-14-9-10(2)13-11(14)12-3/h9H,4-8H2,1-3H3,(H,12,13). The first-order valence-corrected chi connectivity index (χ1v) is 5.57. The minimum absolute atomic E-state index is 0.754. The van der Waals surface area contributed by atoms with Crippen LogP contribution in [0, 0.1) is 6.92 Å². The van der Waals surface area contributed by atoms with Crippen LogP contribution in [0.3, 0.4) is 0 Å². The summed E-state index contributed by atoms with van der Waals surface area (Å²) >= 11 is 0. The largest absolute Gasteiger partial charge is 0.380 e. The van der Waals surface area contributed by atoms with Gasteiger partial charge in [-0.1, -0.05) is 13.3 Å². The van der Waals surface area contributed by atoms with Gasteiger partial charge in [0.15, 0.2) is 0 Å². The summed E-state index contributed by atoms with van der Waals surface area (Å²) in [6.07, 6.45) is 4.36. The van der Waals surface area contributed by atoms with Crippen molar-refractivity contribution in [3.63, 3.8) is 0 Å². The predicted octanol–water partition coefficient (Wildman–Crippen LogP) is 2.05. The first-order valence-electron chi connectivity index (χ1n) is 5.57. The Morgan fingerprint density at radius 3 is 2.93 bits per heavy atom. The second kappa shape index (κ2) is 6.45. The van der Waals surface area contributed by atoms with Gasteiger partial charge in [0.25, 0.3) is 0 Å². The minimum atomic E-state index is 0.754. The van der Waals surface area contributed by atoms with Crippen molar-refractivity contribution >= 4 is 5.95 Å². The Balaban J connectivity index is 2.30. The van der Waals surface area contributed by atoms with Gasteiger partial charge in [-0.05, 0) is 13.3 Å². The van der Waals surface area contributed by atoms with E-state index in [9.17, 15) is 0 Å². The molecule has 1 aromatic heterocycles. The molecule has 1 aromatic rings. The predicted molar refractivity (Wildman–Crippen MR) is 62.2 cm³/mol. The second-order valence-electron chi connectivity index (χ2n) is 3.62. The fourth-order valence-corrected chi connectivity index (χ4v) is 1.43. The summed E-state index contributed by atoms with van der Waals surface area (Å²) in [5.74, 6) is 0.909. The van der Waals surface area contributed by atoms with E-state index in [1.165, 1.54) is 6.42 Å². The molecular formula is C11H21N3O. The summed E-state index contributed by atoms with van der Waals surface area (Å²) in [6.45, 7) is 6.64. The van der Waals surface area contributed by atoms with Crippen molar-refractivity contribution in [3.05, 3.63) is 11.9 Å². The van der Waals surface area contributed by atoms with E-state index in [4.69, 9.17) is 4.74 Å². The lowest BCUT2D eigenvalue weighted by molar-refractivity contribution is 0.124. The summed E-state index contributed by atoms with van der Waals surface area (Å²) in [6, 6.07) is 0. The molecule has 86 valence electrons. The SMILES string of the molecule is CCCCOCCn1cc(C)nc1NC. The van der Waals surface area contributed by atoms with Gasteiger partial charge in [0.2, 0.25) is 5.95 Å². The normalized spacial score (nSPS) is 10.6. The Bertz CT molecular complexity index is 283. The van der Waals surface area contributed by atoms with Crippen molar-refractivity contribution in [2.24, 2.45) is 0 Å². The lowest BCUT2D eigenvalue weighted by Crippen LogP contribution is -2.08. The van der Waals surface area contributed by atoms with Gasteiger partial charge in [-0.3, -0.25) is 0 Å². The summed E-state index contributed by atoms with van der Waals surface area (Å²) in [5.41, 5.74) is 1.04. The van der Waals surface area contributed by atoms with E-state index in [0.717, 1.165) is 37.8 Å². The average Bonchev–Trinajstić information content (AvgIpc) is 2.59. The Kier molecular flexibility index (Phi) is 5.18. The molecule has 0 aliphatic carbocycles. The summed E-state index contributed by atoms with van der Waals surface area (Å²) in [4.78, 5) is 4.34. The van der Waals surface area contributed by atoms with Gasteiger partial charge >= 0.3 is 0 Å². The number of unbranched alkanes of at least 4 members (excludes halogenated alkanes) is 1. The number of nitrogens with one attached hydrogen (secondary N) is 1. The van der Waals surface area contributed by atoms with Crippen LogP contribution in [0.15, 0.2) is 6.20 Å². The number of imidazole rings is 1. The molecule has 0 saturated carbocycles. The van der Waals surface area contributed by atoms with Crippen LogP contribution in [0.2, 0.25) is 0 Å². The lowest BCUT2D eigenvalue weighted by atomic mass is 10.4. The van der Waals surface area contributed by atoms with Crippen molar-refractivity contribution in [3.8, 4) is 0 Å². The molecule has 0 unspecified atom stereocenters. The van der Waals surface area contributed by atoms with E-state index in [-0.39, 0.29) is 0 Å². The molecule has 0 aromatic carbocycles. The van der Waals surface area contributed by atoms with Gasteiger partial charge in [-0.2, -0.15) is 0 Å². The Morgan fingerprint density at radius 2 is 2.27 bits per heavy atom. The second-order valence-corrected chi connectivity index (χ2v) is 3.62. The number of aromatic nitrogens is 2. The van der Waals surface area contributed by atoms with Crippen LogP contribution in [0.1, 0.15) is 25.5 Å². The van der Waals surface area contributed by atoms with Crippen molar-refractivity contribution in [2.45, 2.75) is 33.2 Å². The molecule has 0 saturated heterocycles. The fraction of sp³-hybridized carbons (Fsp3) is 0.727. The van der Waals surface area contributed by atoms with E-state index in [0.29, 0.717) is 0 Å². The molecule has 0 spiro atoms. The van der Waals surface area contributed by atoms with Crippen LogP contribution >= 0.6 is 0 Å². The van der Waals surface area contributed by atoms with Gasteiger partial charge in [0, 0.05) is 26.4 Å². The number of aryl methyl sites for hydroxylation is 1. The fourth-order valence-electron chi connectivity index (χ4n) is 1.43. The average molecular weight is 211 g/mol. The first-order chi connectivity index (χ1) is 7.27. The zero-order chi connectivity index (χ0) is 11.1. The van der Waals surface area contributed by atoms with Crippen LogP contribution in [-0.4, -0.2) is 29.8 Å². The number of ether oxygens (including phenoxy) is 1. The molecule has 4 heteroatoms. The Morgan fingerprint density at radius 1 is 1.47 bits per heavy atom. The summed E-state index contributed by atoms with van der Waals surface area (Å²) in [5, 5.41) is 3.06. The molecule has 0 aliphatic heterocycles. The zero-order valence-electron chi connectivity index (χ0n) is 9.92. The van der Waals surface area contributed by atoms with Crippen LogP contribution in [-0.2, 0) is 11.3 Å². The molecule has 1 rings (SSSR count). The lowest BCUT2D eigenvalue weighted by Gasteiger charge is -2.07. The molecular weight excluding hydrogens is 190 g/mol. The monoisotopic (exact) mass is 211 g/mol. The van der Waals surface area contributed by atoms with Gasteiger partial charge in [0.1, 0.15) is 0 Å². The highest BCUT2D eigenvalue weighted by Gasteiger charge is 2.02. The molecule has 0 amide bonds. The number of rotatable bonds is 7. The van der Waals surface area contributed by atoms with Gasteiger partial charge in [-0.15, -0.1) is 0 Å². The molecule has 0 radical (unpaired) electrons. The van der Waals surface area contributed by atoms with E-state index < -0.39 is 0 Å². The quantitative estimate of drug-likeness (QED) is 0.702. The maximum atomic E-state index is 5.51. The molecule has 0 atom stereocenters. The van der Waals surface area contributed by atoms with E-state index >= 15 is 0 Å². The van der Waals surface area contributed by atoms with Gasteiger partial charge in [0.05, 0.1) is 12.3 Å². The number of nitrogens with zero attached hydrogens (tertiary/aromatic N) is 2. The van der Waals surface area contributed by atoms with Gasteiger partial charge < -0.3 is 14.6 Å². The maximum absolute atomic E-state index is 5.51. The zero-order valence-corrected chi connectivity index (χ0v) is 9.92. The number of hydrogen-bond donors (Lipinski definition) is 1. The molecule has 4 nitrogen and oxygen atoms in total. The number of anilines is 1. The van der Waals surface area contributed by atoms with E-state index in [2.05, 4.69) is 21.8 Å². The smallest absolute Gasteiger partial charge is 0.202 e. The molecule has 1 N–H and O–H groups in total. The molecule has 15 heavy (non-hydrogen) atoms. The minimum Gasteiger partial charge on any atom is -0.380 e. The van der Waals surface area contributed by atoms with Crippen molar-refractivity contribution in [1.29, 1.82) is 0 Å². The topological polar surface area (TPSA) is 39.1 Å². The van der Waals surface area contributed by atoms with Crippen molar-refractivity contribution < 1.29 is 4.74 Å². The molecule has 0 bridgehead atoms. The Labute approximate surface area is 91.7 Å². The molecule has 0 fully saturated rings. The molecule has 1 heterocycles. The third-order valence-corrected chi connectivity index (χ3v) is 2.24. The van der Waals surface area contributed by atoms with E-state index in [1.807, 2.05) is 20.2 Å². The first kappa shape index (κ1) is 12.0. The number of hydrogen-bond acceptors (Lipinski definition) is 3. The Hall–Kier alpha value is -1.03. The van der Waals surface area contributed by atoms with Crippen LogP contribution in [0.25, 0.3) is 0 Å². The summed E-state index contributed by atoms with van der Waals surface area (Å²) in [7, 11) is 1.89. The highest BCUT2D eigenvalue weighted by atomic mass is 16.5. The summed E-state index contributed by atoms with van der Waals surface area (Å²) < 4.78 is 7.59. The highest BCUT2D eigenvalue weighted by Crippen LogP contribution is 2.06. The van der Waals surface area contributed by atoms with Crippen LogP contribution in [0.4, 0.5) is 5.95 Å². The highest BCUT2D eigenvalue weighted by molar-refractivity contribution is 5.27. The maximum Gasteiger partial charge on any atom is 0.202 e. The van der Waals surface area contributed by atoms with Crippen LogP contribution in [0.5, 0.6) is 0 Å². The molecule has 0 aliphatic rings. The third kappa shape index (κ3) is 3.91. The van der Waals surface area contributed by atoms with E-state index in [1.54, 1.807) is 0 Å².